The van der Waals surface area contributed by atoms with Crippen LogP contribution in [0.15, 0.2) is 18.5 Å². The molecule has 1 amide bonds. The Labute approximate surface area is 126 Å². The van der Waals surface area contributed by atoms with E-state index < -0.39 is 0 Å². The zero-order valence-electron chi connectivity index (χ0n) is 12.7. The van der Waals surface area contributed by atoms with Gasteiger partial charge >= 0.3 is 0 Å². The van der Waals surface area contributed by atoms with E-state index in [1.54, 1.807) is 18.5 Å². The molecule has 1 saturated carbocycles. The number of aromatic nitrogens is 1. The van der Waals surface area contributed by atoms with Crippen LogP contribution in [0.4, 0.5) is 5.69 Å². The molecule has 0 aromatic carbocycles. The molecule has 21 heavy (non-hydrogen) atoms. The quantitative estimate of drug-likeness (QED) is 0.809. The Morgan fingerprint density at radius 2 is 2.24 bits per heavy atom. The molecule has 0 bridgehead atoms. The molecule has 5 heteroatoms. The molecule has 0 unspecified atom stereocenters. The minimum absolute atomic E-state index is 0.00282. The van der Waals surface area contributed by atoms with Gasteiger partial charge in [-0.15, -0.1) is 0 Å². The lowest BCUT2D eigenvalue weighted by molar-refractivity contribution is 0.0639. The van der Waals surface area contributed by atoms with Gasteiger partial charge in [-0.05, 0) is 25.3 Å². The number of carbonyl (C=O) groups excluding carboxylic acids is 1. The van der Waals surface area contributed by atoms with E-state index in [1.165, 1.54) is 0 Å². The van der Waals surface area contributed by atoms with Crippen molar-refractivity contribution in [2.75, 3.05) is 25.0 Å². The summed E-state index contributed by atoms with van der Waals surface area (Å²) in [5.41, 5.74) is 1.43. The van der Waals surface area contributed by atoms with Crippen molar-refractivity contribution >= 4 is 11.6 Å². The van der Waals surface area contributed by atoms with Crippen molar-refractivity contribution in [3.05, 3.63) is 24.0 Å². The van der Waals surface area contributed by atoms with Crippen LogP contribution in [0.1, 0.15) is 49.4 Å². The highest BCUT2D eigenvalue weighted by Crippen LogP contribution is 2.26. The molecule has 0 atom stereocenters. The summed E-state index contributed by atoms with van der Waals surface area (Å²) in [6.45, 7) is 3.31. The molecular formula is C16H25N3O2. The second-order valence-electron chi connectivity index (χ2n) is 5.51. The van der Waals surface area contributed by atoms with Gasteiger partial charge in [-0.2, -0.15) is 0 Å². The Bertz CT molecular complexity index is 459. The summed E-state index contributed by atoms with van der Waals surface area (Å²) in [6.07, 6.45) is 8.74. The lowest BCUT2D eigenvalue weighted by atomic mass is 10.1. The fraction of sp³-hybridized carbons (Fsp3) is 0.625. The maximum Gasteiger partial charge on any atom is 0.256 e. The number of anilines is 1. The average molecular weight is 291 g/mol. The summed E-state index contributed by atoms with van der Waals surface area (Å²) >= 11 is 0. The van der Waals surface area contributed by atoms with Crippen LogP contribution >= 0.6 is 0 Å². The second kappa shape index (κ2) is 7.98. The van der Waals surface area contributed by atoms with Gasteiger partial charge in [-0.1, -0.05) is 19.8 Å². The van der Waals surface area contributed by atoms with E-state index in [1.807, 2.05) is 4.90 Å². The van der Waals surface area contributed by atoms with Crippen molar-refractivity contribution in [2.24, 2.45) is 0 Å². The Balaban J connectivity index is 2.19. The molecule has 116 valence electrons. The van der Waals surface area contributed by atoms with Crippen molar-refractivity contribution in [3.8, 4) is 0 Å². The molecule has 5 nitrogen and oxygen atoms in total. The van der Waals surface area contributed by atoms with E-state index in [4.69, 9.17) is 0 Å². The molecule has 2 rings (SSSR count). The zero-order valence-corrected chi connectivity index (χ0v) is 12.7. The number of aliphatic hydroxyl groups is 1. The van der Waals surface area contributed by atoms with E-state index in [9.17, 15) is 9.90 Å². The van der Waals surface area contributed by atoms with Crippen LogP contribution in [0.25, 0.3) is 0 Å². The van der Waals surface area contributed by atoms with Crippen molar-refractivity contribution in [3.63, 3.8) is 0 Å². The Morgan fingerprint density at radius 1 is 1.48 bits per heavy atom. The van der Waals surface area contributed by atoms with Crippen LogP contribution in [-0.4, -0.2) is 46.6 Å². The third-order valence-corrected chi connectivity index (χ3v) is 3.98. The van der Waals surface area contributed by atoms with Crippen molar-refractivity contribution in [1.82, 2.24) is 9.88 Å². The smallest absolute Gasteiger partial charge is 0.256 e. The van der Waals surface area contributed by atoms with Gasteiger partial charge < -0.3 is 15.3 Å². The van der Waals surface area contributed by atoms with Crippen LogP contribution in [-0.2, 0) is 0 Å². The van der Waals surface area contributed by atoms with Gasteiger partial charge in [0, 0.05) is 25.3 Å². The fourth-order valence-corrected chi connectivity index (χ4v) is 2.91. The second-order valence-corrected chi connectivity index (χ2v) is 5.51. The third-order valence-electron chi connectivity index (χ3n) is 3.98. The molecular weight excluding hydrogens is 266 g/mol. The highest BCUT2D eigenvalue weighted by Gasteiger charge is 2.28. The lowest BCUT2D eigenvalue weighted by Crippen LogP contribution is -2.41. The van der Waals surface area contributed by atoms with Gasteiger partial charge in [0.25, 0.3) is 5.91 Å². The molecule has 1 heterocycles. The normalized spacial score (nSPS) is 15.1. The number of pyridine rings is 1. The number of nitrogens with zero attached hydrogens (tertiary/aromatic N) is 2. The predicted molar refractivity (Wildman–Crippen MR) is 83.4 cm³/mol. The van der Waals surface area contributed by atoms with Crippen molar-refractivity contribution in [1.29, 1.82) is 0 Å². The van der Waals surface area contributed by atoms with Crippen molar-refractivity contribution < 1.29 is 9.90 Å². The Hall–Kier alpha value is -1.62. The summed E-state index contributed by atoms with van der Waals surface area (Å²) in [5, 5.41) is 12.5. The third kappa shape index (κ3) is 3.94. The van der Waals surface area contributed by atoms with Crippen molar-refractivity contribution in [2.45, 2.75) is 45.1 Å². The molecule has 0 radical (unpaired) electrons. The van der Waals surface area contributed by atoms with Crippen LogP contribution in [0.5, 0.6) is 0 Å². The number of hydrogen-bond acceptors (Lipinski definition) is 4. The van der Waals surface area contributed by atoms with E-state index in [-0.39, 0.29) is 18.6 Å². The maximum absolute atomic E-state index is 12.9. The lowest BCUT2D eigenvalue weighted by Gasteiger charge is -2.29. The summed E-state index contributed by atoms with van der Waals surface area (Å²) < 4.78 is 0. The van der Waals surface area contributed by atoms with Gasteiger partial charge in [0.1, 0.15) is 0 Å². The molecule has 1 aliphatic carbocycles. The standard InChI is InChI=1S/C16H25N3O2/c1-2-8-18-15-12-17-9-7-14(15)16(21)19(10-11-20)13-5-3-4-6-13/h7,9,12-13,18,20H,2-6,8,10-11H2,1H3. The molecule has 1 aromatic heterocycles. The molecule has 0 aliphatic heterocycles. The van der Waals surface area contributed by atoms with Crippen LogP contribution in [0.3, 0.4) is 0 Å². The number of amides is 1. The maximum atomic E-state index is 12.9. The van der Waals surface area contributed by atoms with E-state index >= 15 is 0 Å². The number of carbonyl (C=O) groups is 1. The minimum Gasteiger partial charge on any atom is -0.395 e. The molecule has 0 saturated heterocycles. The monoisotopic (exact) mass is 291 g/mol. The zero-order chi connectivity index (χ0) is 15.1. The first-order valence-corrected chi connectivity index (χ1v) is 7.87. The highest BCUT2D eigenvalue weighted by molar-refractivity contribution is 5.99. The van der Waals surface area contributed by atoms with E-state index in [0.717, 1.165) is 44.3 Å². The Morgan fingerprint density at radius 3 is 2.90 bits per heavy atom. The predicted octanol–water partition coefficient (Wildman–Crippen LogP) is 2.28. The molecule has 1 fully saturated rings. The SMILES string of the molecule is CCCNc1cnccc1C(=O)N(CCO)C1CCCC1. The van der Waals surface area contributed by atoms with Crippen LogP contribution in [0, 0.1) is 0 Å². The first-order chi connectivity index (χ1) is 10.3. The highest BCUT2D eigenvalue weighted by atomic mass is 16.3. The van der Waals surface area contributed by atoms with Crippen LogP contribution < -0.4 is 5.32 Å². The molecule has 0 spiro atoms. The average Bonchev–Trinajstić information content (AvgIpc) is 3.04. The van der Waals surface area contributed by atoms with Gasteiger partial charge in [-0.25, -0.2) is 0 Å². The molecule has 1 aromatic rings. The first kappa shape index (κ1) is 15.8. The summed E-state index contributed by atoms with van der Waals surface area (Å²) in [6, 6.07) is 2.02. The van der Waals surface area contributed by atoms with Gasteiger partial charge in [0.05, 0.1) is 24.1 Å². The summed E-state index contributed by atoms with van der Waals surface area (Å²) in [7, 11) is 0. The number of aliphatic hydroxyl groups excluding tert-OH is 1. The summed E-state index contributed by atoms with van der Waals surface area (Å²) in [5.74, 6) is -0.00282. The van der Waals surface area contributed by atoms with E-state index in [0.29, 0.717) is 12.1 Å². The molecule has 1 aliphatic rings. The minimum atomic E-state index is -0.00282. The number of hydrogen-bond donors (Lipinski definition) is 2. The van der Waals surface area contributed by atoms with Gasteiger partial charge in [0.15, 0.2) is 0 Å². The molecule has 2 N–H and O–H groups in total. The Kier molecular flexibility index (Phi) is 5.99. The van der Waals surface area contributed by atoms with Crippen LogP contribution in [0.2, 0.25) is 0 Å². The topological polar surface area (TPSA) is 65.5 Å². The number of rotatable bonds is 7. The van der Waals surface area contributed by atoms with Gasteiger partial charge in [0.2, 0.25) is 0 Å². The largest absolute Gasteiger partial charge is 0.395 e. The number of nitrogens with one attached hydrogen (secondary N) is 1. The first-order valence-electron chi connectivity index (χ1n) is 7.87. The van der Waals surface area contributed by atoms with E-state index in [2.05, 4.69) is 17.2 Å². The van der Waals surface area contributed by atoms with Gasteiger partial charge in [-0.3, -0.25) is 9.78 Å². The fourth-order valence-electron chi connectivity index (χ4n) is 2.91. The summed E-state index contributed by atoms with van der Waals surface area (Å²) in [4.78, 5) is 18.8.